The minimum absolute atomic E-state index is 0. The zero-order valence-corrected chi connectivity index (χ0v) is 22.9. The molecule has 0 spiro atoms. The molecule has 0 unspecified atom stereocenters. The number of pyridine rings is 1. The van der Waals surface area contributed by atoms with Gasteiger partial charge in [0.15, 0.2) is 0 Å². The van der Waals surface area contributed by atoms with Gasteiger partial charge in [-0.05, 0) is 17.7 Å². The number of nitrogens with zero attached hydrogens (tertiary/aromatic N) is 1. The maximum absolute atomic E-state index is 9.00. The van der Waals surface area contributed by atoms with E-state index in [1.165, 1.54) is 101 Å². The van der Waals surface area contributed by atoms with Gasteiger partial charge in [-0.25, -0.2) is 0 Å². The third kappa shape index (κ3) is 25.5. The van der Waals surface area contributed by atoms with Gasteiger partial charge in [-0.15, -0.1) is 0 Å². The van der Waals surface area contributed by atoms with Gasteiger partial charge in [-0.1, -0.05) is 36.4 Å². The van der Waals surface area contributed by atoms with Gasteiger partial charge < -0.3 is 5.11 Å². The zero-order valence-electron chi connectivity index (χ0n) is 19.8. The van der Waals surface area contributed by atoms with Gasteiger partial charge in [0.1, 0.15) is 0 Å². The Balaban J connectivity index is 0. The second kappa shape index (κ2) is 25.6. The van der Waals surface area contributed by atoms with Crippen molar-refractivity contribution in [2.45, 2.75) is 88.1 Å². The molecule has 0 saturated carbocycles. The molecule has 0 bridgehead atoms. The second-order valence-electron chi connectivity index (χ2n) is 7.68. The number of hydrogen-bond donors (Lipinski definition) is 1. The molecule has 0 aliphatic carbocycles. The van der Waals surface area contributed by atoms with Gasteiger partial charge in [0.25, 0.3) is 5.97 Å². The average molecular weight is 481 g/mol. The summed E-state index contributed by atoms with van der Waals surface area (Å²) < 4.78 is 1.51. The topological polar surface area (TPSA) is 50.2 Å². The molecule has 2 aromatic rings. The van der Waals surface area contributed by atoms with Crippen molar-refractivity contribution < 1.29 is 26.7 Å². The van der Waals surface area contributed by atoms with Crippen molar-refractivity contribution in [1.29, 1.82) is 0 Å². The van der Waals surface area contributed by atoms with Crippen molar-refractivity contribution in [2.75, 3.05) is 0 Å². The first-order valence-electron chi connectivity index (χ1n) is 11.7. The van der Waals surface area contributed by atoms with Crippen molar-refractivity contribution in [3.8, 4) is 0 Å². The summed E-state index contributed by atoms with van der Waals surface area (Å²) in [6, 6.07) is 16.4. The van der Waals surface area contributed by atoms with Gasteiger partial charge in [0, 0.05) is 42.0 Å². The van der Waals surface area contributed by atoms with E-state index in [9.17, 15) is 0 Å². The largest absolute Gasteiger partial charge is 0.261 e. The summed E-state index contributed by atoms with van der Waals surface area (Å²) in [6.45, 7) is 3.37. The van der Waals surface area contributed by atoms with Crippen LogP contribution in [0.1, 0.15) is 89.3 Å². The monoisotopic (exact) mass is 480 g/mol. The molecule has 3 nitrogen and oxygen atoms in total. The van der Waals surface area contributed by atoms with Gasteiger partial charge in [-0.2, -0.15) is 0 Å². The van der Waals surface area contributed by atoms with E-state index in [-0.39, 0.29) is 16.8 Å². The van der Waals surface area contributed by atoms with Crippen LogP contribution in [0.15, 0.2) is 54.7 Å². The maximum atomic E-state index is 9.00. The fourth-order valence-electron chi connectivity index (χ4n) is 3.05. The molecule has 2 rings (SSSR count). The van der Waals surface area contributed by atoms with Crippen LogP contribution in [0.4, 0.5) is 0 Å². The van der Waals surface area contributed by atoms with Crippen LogP contribution in [-0.4, -0.2) is 44.0 Å². The summed E-state index contributed by atoms with van der Waals surface area (Å²) in [5.41, 5.74) is 2.43. The van der Waals surface area contributed by atoms with E-state index in [2.05, 4.69) is 36.2 Å². The third-order valence-electron chi connectivity index (χ3n) is 4.66. The number of carbonyl (C=O) groups is 1. The van der Waals surface area contributed by atoms with E-state index in [0.717, 1.165) is 19.0 Å². The van der Waals surface area contributed by atoms with Gasteiger partial charge in [0.2, 0.25) is 0 Å². The number of aromatic nitrogens is 1. The number of unbranched alkanes of at least 4 members (excludes halogenated alkanes) is 9. The molecule has 1 radical (unpaired) electrons. The number of carboxylic acid groups (broad SMARTS) is 1. The van der Waals surface area contributed by atoms with Crippen molar-refractivity contribution >= 4 is 33.9 Å². The van der Waals surface area contributed by atoms with Crippen molar-refractivity contribution in [2.24, 2.45) is 0 Å². The Bertz CT molecular complexity index is 560. The van der Waals surface area contributed by atoms with Crippen molar-refractivity contribution in [3.05, 3.63) is 66.0 Å². The molecule has 1 heterocycles. The molecule has 171 valence electrons. The Morgan fingerprint density at radius 2 is 1.32 bits per heavy atom. The van der Waals surface area contributed by atoms with E-state index in [4.69, 9.17) is 9.90 Å². The molecule has 0 aliphatic rings. The molecule has 1 N–H and O–H groups in total. The molecule has 31 heavy (non-hydrogen) atoms. The van der Waals surface area contributed by atoms with Crippen molar-refractivity contribution in [1.82, 2.24) is 4.98 Å². The van der Waals surface area contributed by atoms with Crippen LogP contribution in [0.25, 0.3) is 0 Å². The number of hydrogen-bond acceptors (Lipinski definition) is 2. The standard InChI is InChI=1S/C12H11N.C12H25.C2H4O2.Co.Na/c1-2-6-11(7-3-1)10-12-8-4-5-9-13-12;1-3-5-7-9-11-12-10-8-6-4-2;1-2(3)4;;/h1-9H,10H2;1,3-12H2,2H3;1H3,(H,3,4);;. The van der Waals surface area contributed by atoms with E-state index < -0.39 is 5.97 Å². The zero-order chi connectivity index (χ0) is 22.3. The number of carboxylic acids is 1. The van der Waals surface area contributed by atoms with Gasteiger partial charge in [-0.3, -0.25) is 9.78 Å². The van der Waals surface area contributed by atoms with Crippen molar-refractivity contribution in [3.63, 3.8) is 0 Å². The Morgan fingerprint density at radius 3 is 1.77 bits per heavy atom. The molecule has 1 aromatic carbocycles. The SMILES string of the molecule is CC(=O)O.CCCCCCCCCCC[CH2][Na].[Co].c1ccc(Cc2ccccn2)cc1. The number of rotatable bonds is 12. The quantitative estimate of drug-likeness (QED) is 0.257. The minimum Gasteiger partial charge on any atom is -0.261 e. The Hall–Kier alpha value is -0.654. The van der Waals surface area contributed by atoms with E-state index in [0.29, 0.717) is 0 Å². The van der Waals surface area contributed by atoms with E-state index >= 15 is 0 Å². The summed E-state index contributed by atoms with van der Waals surface area (Å²) in [4.78, 5) is 13.3. The Kier molecular flexibility index (Phi) is 26.9. The fraction of sp³-hybridized carbons (Fsp3) is 0.538. The van der Waals surface area contributed by atoms with Crippen LogP contribution in [0.3, 0.4) is 0 Å². The van der Waals surface area contributed by atoms with E-state index in [1.807, 2.05) is 30.5 Å². The smallest absolute Gasteiger partial charge is 0.0447 e. The molecule has 0 fully saturated rings. The predicted molar refractivity (Wildman–Crippen MR) is 129 cm³/mol. The van der Waals surface area contributed by atoms with Crippen LogP contribution in [0.2, 0.25) is 3.67 Å². The molecule has 0 saturated heterocycles. The molecule has 0 amide bonds. The average Bonchev–Trinajstić information content (AvgIpc) is 2.74. The summed E-state index contributed by atoms with van der Waals surface area (Å²) in [5.74, 6) is -0.833. The molecule has 0 aliphatic heterocycles. The fourth-order valence-corrected chi connectivity index (χ4v) is 3.55. The number of aliphatic carboxylic acids is 1. The molecular weight excluding hydrogens is 440 g/mol. The molecule has 1 aromatic heterocycles. The first-order chi connectivity index (χ1) is 14.6. The Morgan fingerprint density at radius 1 is 0.839 bits per heavy atom. The molecular formula is C26H40CoNNaO2. The third-order valence-corrected chi connectivity index (χ3v) is 5.37. The maximum Gasteiger partial charge on any atom is 0.0447 e. The first-order valence-corrected chi connectivity index (χ1v) is 13.1. The summed E-state index contributed by atoms with van der Waals surface area (Å²) in [6.07, 6.45) is 17.5. The van der Waals surface area contributed by atoms with Crippen LogP contribution in [-0.2, 0) is 28.0 Å². The Labute approximate surface area is 218 Å². The summed E-state index contributed by atoms with van der Waals surface area (Å²) in [7, 11) is 0. The molecule has 0 atom stereocenters. The van der Waals surface area contributed by atoms with Crippen LogP contribution in [0.5, 0.6) is 0 Å². The van der Waals surface area contributed by atoms with Gasteiger partial charge >= 0.3 is 103 Å². The molecule has 5 heteroatoms. The predicted octanol–water partition coefficient (Wildman–Crippen LogP) is 7.25. The summed E-state index contributed by atoms with van der Waals surface area (Å²) >= 11 is 1.41. The normalized spacial score (nSPS) is 9.42. The van der Waals surface area contributed by atoms with E-state index in [1.54, 1.807) is 0 Å². The van der Waals surface area contributed by atoms with Crippen LogP contribution >= 0.6 is 0 Å². The first kappa shape index (κ1) is 32.5. The summed E-state index contributed by atoms with van der Waals surface area (Å²) in [5, 5.41) is 7.42. The van der Waals surface area contributed by atoms with Crippen LogP contribution < -0.4 is 0 Å². The van der Waals surface area contributed by atoms with Gasteiger partial charge in [0.05, 0.1) is 0 Å². The van der Waals surface area contributed by atoms with Crippen LogP contribution in [0, 0.1) is 0 Å². The number of benzene rings is 1. The second-order valence-corrected chi connectivity index (χ2v) is 8.68. The minimum atomic E-state index is -0.833.